The summed E-state index contributed by atoms with van der Waals surface area (Å²) in [4.78, 5) is 19.4. The maximum Gasteiger partial charge on any atom is 0.239 e. The highest BCUT2D eigenvalue weighted by Crippen LogP contribution is 2.28. The van der Waals surface area contributed by atoms with Crippen LogP contribution in [0.25, 0.3) is 0 Å². The van der Waals surface area contributed by atoms with Gasteiger partial charge in [-0.25, -0.2) is 0 Å². The summed E-state index contributed by atoms with van der Waals surface area (Å²) in [6, 6.07) is 5.41. The number of aryl methyl sites for hydroxylation is 1. The SMILES string of the molecule is O=C1CCc2cc(Oc3cncc(Cl)n3)ccc21. The van der Waals surface area contributed by atoms with Crippen LogP contribution in [0.2, 0.25) is 5.15 Å². The number of ketones is 1. The molecule has 1 aliphatic rings. The minimum absolute atomic E-state index is 0.194. The average Bonchev–Trinajstić information content (AvgIpc) is 2.71. The lowest BCUT2D eigenvalue weighted by Gasteiger charge is -2.06. The van der Waals surface area contributed by atoms with Crippen molar-refractivity contribution < 1.29 is 9.53 Å². The molecular weight excluding hydrogens is 252 g/mol. The summed E-state index contributed by atoms with van der Waals surface area (Å²) in [6.45, 7) is 0. The molecule has 0 spiro atoms. The Kier molecular flexibility index (Phi) is 2.72. The maximum absolute atomic E-state index is 11.5. The van der Waals surface area contributed by atoms with Gasteiger partial charge in [-0.1, -0.05) is 11.6 Å². The standard InChI is InChI=1S/C13H9ClN2O2/c14-12-6-15-7-13(16-12)18-9-2-3-10-8(5-9)1-4-11(10)17/h2-3,5-7H,1,4H2. The Balaban J connectivity index is 1.88. The van der Waals surface area contributed by atoms with Crippen LogP contribution in [0.15, 0.2) is 30.6 Å². The zero-order chi connectivity index (χ0) is 12.5. The van der Waals surface area contributed by atoms with Crippen LogP contribution < -0.4 is 4.74 Å². The molecule has 0 aliphatic heterocycles. The van der Waals surface area contributed by atoms with Gasteiger partial charge in [-0.2, -0.15) is 4.98 Å². The van der Waals surface area contributed by atoms with E-state index in [1.165, 1.54) is 12.4 Å². The van der Waals surface area contributed by atoms with Gasteiger partial charge in [-0.05, 0) is 30.2 Å². The van der Waals surface area contributed by atoms with Gasteiger partial charge in [0.05, 0.1) is 12.4 Å². The fourth-order valence-corrected chi connectivity index (χ4v) is 2.13. The molecule has 5 heteroatoms. The first kappa shape index (κ1) is 11.2. The molecule has 1 heterocycles. The number of carbonyl (C=O) groups excluding carboxylic acids is 1. The summed E-state index contributed by atoms with van der Waals surface area (Å²) in [5.41, 5.74) is 1.81. The van der Waals surface area contributed by atoms with Gasteiger partial charge in [0.1, 0.15) is 5.75 Å². The van der Waals surface area contributed by atoms with E-state index in [0.29, 0.717) is 18.1 Å². The van der Waals surface area contributed by atoms with Crippen molar-refractivity contribution in [3.63, 3.8) is 0 Å². The van der Waals surface area contributed by atoms with Crippen LogP contribution in [-0.2, 0) is 6.42 Å². The highest BCUT2D eigenvalue weighted by molar-refractivity contribution is 6.29. The summed E-state index contributed by atoms with van der Waals surface area (Å²) >= 11 is 5.73. The summed E-state index contributed by atoms with van der Waals surface area (Å²) in [5, 5.41) is 0.281. The summed E-state index contributed by atoms with van der Waals surface area (Å²) in [7, 11) is 0. The van der Waals surface area contributed by atoms with Gasteiger partial charge in [0.25, 0.3) is 0 Å². The van der Waals surface area contributed by atoms with E-state index in [9.17, 15) is 4.79 Å². The normalized spacial score (nSPS) is 13.5. The van der Waals surface area contributed by atoms with E-state index in [1.54, 1.807) is 12.1 Å². The molecule has 0 fully saturated rings. The third-order valence-corrected chi connectivity index (χ3v) is 2.99. The van der Waals surface area contributed by atoms with Crippen LogP contribution in [0.5, 0.6) is 11.6 Å². The monoisotopic (exact) mass is 260 g/mol. The third-order valence-electron chi connectivity index (χ3n) is 2.80. The molecule has 1 aliphatic carbocycles. The lowest BCUT2D eigenvalue weighted by atomic mass is 10.1. The quantitative estimate of drug-likeness (QED) is 0.833. The number of aromatic nitrogens is 2. The zero-order valence-electron chi connectivity index (χ0n) is 9.39. The predicted molar refractivity (Wildman–Crippen MR) is 66.2 cm³/mol. The molecule has 90 valence electrons. The highest BCUT2D eigenvalue weighted by atomic mass is 35.5. The predicted octanol–water partition coefficient (Wildman–Crippen LogP) is 3.05. The van der Waals surface area contributed by atoms with E-state index >= 15 is 0 Å². The van der Waals surface area contributed by atoms with Crippen molar-refractivity contribution in [2.75, 3.05) is 0 Å². The molecule has 1 aromatic heterocycles. The molecule has 0 N–H and O–H groups in total. The number of hydrogen-bond acceptors (Lipinski definition) is 4. The smallest absolute Gasteiger partial charge is 0.239 e. The van der Waals surface area contributed by atoms with Crippen molar-refractivity contribution in [2.24, 2.45) is 0 Å². The molecule has 0 atom stereocenters. The second kappa shape index (κ2) is 4.38. The van der Waals surface area contributed by atoms with Crippen LogP contribution >= 0.6 is 11.6 Å². The van der Waals surface area contributed by atoms with E-state index in [1.807, 2.05) is 6.07 Å². The molecule has 0 bridgehead atoms. The lowest BCUT2D eigenvalue weighted by Crippen LogP contribution is -1.93. The third kappa shape index (κ3) is 2.07. The first-order valence-electron chi connectivity index (χ1n) is 5.54. The molecular formula is C13H9ClN2O2. The van der Waals surface area contributed by atoms with Crippen molar-refractivity contribution in [3.8, 4) is 11.6 Å². The number of ether oxygens (including phenoxy) is 1. The van der Waals surface area contributed by atoms with Crippen molar-refractivity contribution >= 4 is 17.4 Å². The maximum atomic E-state index is 11.5. The Bertz CT molecular complexity index is 628. The van der Waals surface area contributed by atoms with Crippen LogP contribution in [0.3, 0.4) is 0 Å². The summed E-state index contributed by atoms with van der Waals surface area (Å²) < 4.78 is 5.55. The molecule has 0 radical (unpaired) electrons. The molecule has 1 aromatic carbocycles. The van der Waals surface area contributed by atoms with Crippen LogP contribution in [0.1, 0.15) is 22.3 Å². The number of rotatable bonds is 2. The van der Waals surface area contributed by atoms with E-state index < -0.39 is 0 Å². The average molecular weight is 261 g/mol. The minimum atomic E-state index is 0.194. The van der Waals surface area contributed by atoms with Crippen molar-refractivity contribution in [2.45, 2.75) is 12.8 Å². The van der Waals surface area contributed by atoms with Gasteiger partial charge in [0.2, 0.25) is 5.88 Å². The first-order valence-corrected chi connectivity index (χ1v) is 5.92. The Morgan fingerprint density at radius 3 is 2.94 bits per heavy atom. The summed E-state index contributed by atoms with van der Waals surface area (Å²) in [5.74, 6) is 1.17. The molecule has 0 saturated heterocycles. The number of benzene rings is 1. The van der Waals surface area contributed by atoms with E-state index in [0.717, 1.165) is 17.5 Å². The first-order chi connectivity index (χ1) is 8.72. The second-order valence-corrected chi connectivity index (χ2v) is 4.41. The Hall–Kier alpha value is -1.94. The molecule has 0 saturated carbocycles. The van der Waals surface area contributed by atoms with E-state index in [2.05, 4.69) is 9.97 Å². The summed E-state index contributed by atoms with van der Waals surface area (Å²) in [6.07, 6.45) is 4.28. The van der Waals surface area contributed by atoms with Gasteiger partial charge < -0.3 is 4.74 Å². The lowest BCUT2D eigenvalue weighted by molar-refractivity contribution is 0.0994. The van der Waals surface area contributed by atoms with Gasteiger partial charge >= 0.3 is 0 Å². The topological polar surface area (TPSA) is 52.1 Å². The number of halogens is 1. The van der Waals surface area contributed by atoms with Gasteiger partial charge in [-0.15, -0.1) is 0 Å². The van der Waals surface area contributed by atoms with Crippen molar-refractivity contribution in [1.29, 1.82) is 0 Å². The minimum Gasteiger partial charge on any atom is -0.437 e. The zero-order valence-corrected chi connectivity index (χ0v) is 10.1. The number of Topliss-reactive ketones (excluding diaryl/α,β-unsaturated/α-hetero) is 1. The van der Waals surface area contributed by atoms with Crippen molar-refractivity contribution in [3.05, 3.63) is 46.9 Å². The van der Waals surface area contributed by atoms with Crippen LogP contribution in [0, 0.1) is 0 Å². The van der Waals surface area contributed by atoms with Crippen LogP contribution in [-0.4, -0.2) is 15.8 Å². The largest absolute Gasteiger partial charge is 0.437 e. The fraction of sp³-hybridized carbons (Fsp3) is 0.154. The van der Waals surface area contributed by atoms with Gasteiger partial charge in [0, 0.05) is 12.0 Å². The number of nitrogens with zero attached hydrogens (tertiary/aromatic N) is 2. The van der Waals surface area contributed by atoms with E-state index in [4.69, 9.17) is 16.3 Å². The molecule has 4 nitrogen and oxygen atoms in total. The number of hydrogen-bond donors (Lipinski definition) is 0. The fourth-order valence-electron chi connectivity index (χ4n) is 1.99. The molecule has 0 unspecified atom stereocenters. The van der Waals surface area contributed by atoms with Gasteiger partial charge in [0.15, 0.2) is 10.9 Å². The molecule has 18 heavy (non-hydrogen) atoms. The van der Waals surface area contributed by atoms with Crippen LogP contribution in [0.4, 0.5) is 0 Å². The second-order valence-electron chi connectivity index (χ2n) is 4.02. The van der Waals surface area contributed by atoms with Crippen molar-refractivity contribution in [1.82, 2.24) is 9.97 Å². The Labute approximate surface area is 109 Å². The Morgan fingerprint density at radius 1 is 1.22 bits per heavy atom. The molecule has 3 rings (SSSR count). The Morgan fingerprint density at radius 2 is 2.11 bits per heavy atom. The number of carbonyl (C=O) groups is 1. The van der Waals surface area contributed by atoms with E-state index in [-0.39, 0.29) is 10.9 Å². The molecule has 2 aromatic rings. The molecule has 0 amide bonds. The highest BCUT2D eigenvalue weighted by Gasteiger charge is 2.19. The van der Waals surface area contributed by atoms with Gasteiger partial charge in [-0.3, -0.25) is 9.78 Å². The number of fused-ring (bicyclic) bond motifs is 1.